The van der Waals surface area contributed by atoms with Gasteiger partial charge in [0, 0.05) is 27.7 Å². The van der Waals surface area contributed by atoms with Crippen molar-refractivity contribution in [2.24, 2.45) is 0 Å². The third-order valence-electron chi connectivity index (χ3n) is 2.94. The van der Waals surface area contributed by atoms with E-state index in [-0.39, 0.29) is 16.0 Å². The van der Waals surface area contributed by atoms with E-state index in [0.717, 1.165) is 17.7 Å². The first-order chi connectivity index (χ1) is 8.16. The highest BCUT2D eigenvalue weighted by molar-refractivity contribution is 8.00. The second kappa shape index (κ2) is 5.74. The normalized spacial score (nSPS) is 24.5. The average Bonchev–Trinajstić information content (AvgIpc) is 2.32. The van der Waals surface area contributed by atoms with Crippen LogP contribution in [0.3, 0.4) is 0 Å². The molecule has 1 saturated carbocycles. The summed E-state index contributed by atoms with van der Waals surface area (Å²) in [4.78, 5) is 11.3. The van der Waals surface area contributed by atoms with Gasteiger partial charge < -0.3 is 0 Å². The lowest BCUT2D eigenvalue weighted by atomic mass is 10.00. The number of alkyl halides is 1. The molecule has 17 heavy (non-hydrogen) atoms. The number of non-ortho nitro benzene ring substituents is 1. The van der Waals surface area contributed by atoms with E-state index in [9.17, 15) is 10.1 Å². The molecule has 0 bridgehead atoms. The second-order valence-corrected chi connectivity index (χ2v) is 6.08. The third-order valence-corrected chi connectivity index (χ3v) is 5.00. The molecular weight excluding hydrogens is 258 g/mol. The van der Waals surface area contributed by atoms with Crippen molar-refractivity contribution in [3.8, 4) is 0 Å². The molecule has 0 unspecified atom stereocenters. The standard InChI is InChI=1S/C12H14ClNO2S/c13-11-6-1-2-7-12(11)17-10-5-3-4-9(8-10)14(15)16/h3-5,8,11-12H,1-2,6-7H2/t11-,12+/m0/s1. The van der Waals surface area contributed by atoms with Crippen LogP contribution in [-0.2, 0) is 0 Å². The van der Waals surface area contributed by atoms with Crippen molar-refractivity contribution in [1.29, 1.82) is 0 Å². The minimum Gasteiger partial charge on any atom is -0.258 e. The van der Waals surface area contributed by atoms with Gasteiger partial charge in [-0.25, -0.2) is 0 Å². The fourth-order valence-corrected chi connectivity index (χ4v) is 3.73. The second-order valence-electron chi connectivity index (χ2n) is 4.21. The van der Waals surface area contributed by atoms with Gasteiger partial charge in [-0.1, -0.05) is 18.9 Å². The van der Waals surface area contributed by atoms with Crippen molar-refractivity contribution in [3.05, 3.63) is 34.4 Å². The van der Waals surface area contributed by atoms with Crippen LogP contribution in [0, 0.1) is 10.1 Å². The Balaban J connectivity index is 2.07. The van der Waals surface area contributed by atoms with Gasteiger partial charge in [0.05, 0.1) is 4.92 Å². The molecule has 0 heterocycles. The van der Waals surface area contributed by atoms with E-state index in [1.165, 1.54) is 18.9 Å². The molecule has 2 atom stereocenters. The van der Waals surface area contributed by atoms with E-state index < -0.39 is 0 Å². The lowest BCUT2D eigenvalue weighted by Gasteiger charge is -2.26. The predicted octanol–water partition coefficient (Wildman–Crippen LogP) is 4.24. The van der Waals surface area contributed by atoms with Crippen molar-refractivity contribution >= 4 is 29.1 Å². The number of benzene rings is 1. The lowest BCUT2D eigenvalue weighted by Crippen LogP contribution is -2.21. The Labute approximate surface area is 110 Å². The molecule has 1 aliphatic rings. The largest absolute Gasteiger partial charge is 0.270 e. The summed E-state index contributed by atoms with van der Waals surface area (Å²) in [5.41, 5.74) is 0.150. The summed E-state index contributed by atoms with van der Waals surface area (Å²) in [5.74, 6) is 0. The highest BCUT2D eigenvalue weighted by Crippen LogP contribution is 2.37. The van der Waals surface area contributed by atoms with Gasteiger partial charge >= 0.3 is 0 Å². The first-order valence-electron chi connectivity index (χ1n) is 5.72. The van der Waals surface area contributed by atoms with Crippen LogP contribution in [0.5, 0.6) is 0 Å². The summed E-state index contributed by atoms with van der Waals surface area (Å²) in [6, 6.07) is 6.79. The zero-order valence-corrected chi connectivity index (χ0v) is 10.9. The van der Waals surface area contributed by atoms with Gasteiger partial charge in [-0.3, -0.25) is 10.1 Å². The van der Waals surface area contributed by atoms with Crippen LogP contribution < -0.4 is 0 Å². The molecule has 0 N–H and O–H groups in total. The van der Waals surface area contributed by atoms with Crippen molar-refractivity contribution in [1.82, 2.24) is 0 Å². The lowest BCUT2D eigenvalue weighted by molar-refractivity contribution is -0.385. The van der Waals surface area contributed by atoms with Crippen LogP contribution in [0.4, 0.5) is 5.69 Å². The van der Waals surface area contributed by atoms with Crippen molar-refractivity contribution in [2.45, 2.75) is 41.2 Å². The van der Waals surface area contributed by atoms with Crippen LogP contribution in [0.25, 0.3) is 0 Å². The van der Waals surface area contributed by atoms with Gasteiger partial charge in [0.25, 0.3) is 5.69 Å². The van der Waals surface area contributed by atoms with Gasteiger partial charge in [-0.05, 0) is 18.9 Å². The van der Waals surface area contributed by atoms with Crippen LogP contribution in [-0.4, -0.2) is 15.6 Å². The third kappa shape index (κ3) is 3.36. The Morgan fingerprint density at radius 3 is 2.82 bits per heavy atom. The Kier molecular flexibility index (Phi) is 4.29. The topological polar surface area (TPSA) is 43.1 Å². The smallest absolute Gasteiger partial charge is 0.258 e. The number of nitrogens with zero attached hydrogens (tertiary/aromatic N) is 1. The molecule has 1 aliphatic carbocycles. The summed E-state index contributed by atoms with van der Waals surface area (Å²) in [6.07, 6.45) is 4.55. The monoisotopic (exact) mass is 271 g/mol. The highest BCUT2D eigenvalue weighted by Gasteiger charge is 2.24. The first-order valence-corrected chi connectivity index (χ1v) is 7.03. The van der Waals surface area contributed by atoms with E-state index in [1.54, 1.807) is 23.9 Å². The maximum absolute atomic E-state index is 10.7. The van der Waals surface area contributed by atoms with Crippen LogP contribution in [0.15, 0.2) is 29.2 Å². The number of halogens is 1. The van der Waals surface area contributed by atoms with Gasteiger partial charge in [0.1, 0.15) is 0 Å². The quantitative estimate of drug-likeness (QED) is 0.469. The van der Waals surface area contributed by atoms with Gasteiger partial charge in [0.2, 0.25) is 0 Å². The summed E-state index contributed by atoms with van der Waals surface area (Å²) < 4.78 is 0. The van der Waals surface area contributed by atoms with Crippen LogP contribution in [0.2, 0.25) is 0 Å². The molecule has 3 nitrogen and oxygen atoms in total. The zero-order chi connectivity index (χ0) is 12.3. The van der Waals surface area contributed by atoms with Crippen LogP contribution >= 0.6 is 23.4 Å². The SMILES string of the molecule is O=[N+]([O-])c1cccc(S[C@@H]2CCCC[C@@H]2Cl)c1. The first kappa shape index (κ1) is 12.7. The Hall–Kier alpha value is -0.740. The molecule has 1 fully saturated rings. The fourth-order valence-electron chi connectivity index (χ4n) is 2.03. The molecule has 0 spiro atoms. The Bertz CT molecular complexity index is 413. The minimum atomic E-state index is -0.358. The number of thioether (sulfide) groups is 1. The number of hydrogen-bond acceptors (Lipinski definition) is 3. The van der Waals surface area contributed by atoms with Gasteiger partial charge in [0.15, 0.2) is 0 Å². The average molecular weight is 272 g/mol. The van der Waals surface area contributed by atoms with E-state index in [4.69, 9.17) is 11.6 Å². The molecule has 0 aromatic heterocycles. The van der Waals surface area contributed by atoms with Crippen molar-refractivity contribution < 1.29 is 4.92 Å². The van der Waals surface area contributed by atoms with Crippen molar-refractivity contribution in [2.75, 3.05) is 0 Å². The van der Waals surface area contributed by atoms with Crippen molar-refractivity contribution in [3.63, 3.8) is 0 Å². The van der Waals surface area contributed by atoms with Gasteiger partial charge in [-0.15, -0.1) is 23.4 Å². The Morgan fingerprint density at radius 2 is 2.12 bits per heavy atom. The van der Waals surface area contributed by atoms with E-state index in [1.807, 2.05) is 6.07 Å². The summed E-state index contributed by atoms with van der Waals surface area (Å²) >= 11 is 7.95. The summed E-state index contributed by atoms with van der Waals surface area (Å²) in [7, 11) is 0. The molecule has 5 heteroatoms. The fraction of sp³-hybridized carbons (Fsp3) is 0.500. The zero-order valence-electron chi connectivity index (χ0n) is 9.34. The molecule has 0 aliphatic heterocycles. The molecule has 1 aromatic carbocycles. The molecule has 0 saturated heterocycles. The van der Waals surface area contributed by atoms with E-state index in [2.05, 4.69) is 0 Å². The molecule has 0 amide bonds. The summed E-state index contributed by atoms with van der Waals surface area (Å²) in [5, 5.41) is 11.2. The maximum Gasteiger partial charge on any atom is 0.270 e. The number of hydrogen-bond donors (Lipinski definition) is 0. The van der Waals surface area contributed by atoms with E-state index in [0.29, 0.717) is 5.25 Å². The maximum atomic E-state index is 10.7. The number of nitro benzene ring substituents is 1. The van der Waals surface area contributed by atoms with Gasteiger partial charge in [-0.2, -0.15) is 0 Å². The van der Waals surface area contributed by atoms with E-state index >= 15 is 0 Å². The number of rotatable bonds is 3. The Morgan fingerprint density at radius 1 is 1.35 bits per heavy atom. The molecule has 2 rings (SSSR count). The van der Waals surface area contributed by atoms with Crippen LogP contribution in [0.1, 0.15) is 25.7 Å². The molecule has 1 aromatic rings. The molecular formula is C12H14ClNO2S. The number of nitro groups is 1. The summed E-state index contributed by atoms with van der Waals surface area (Å²) in [6.45, 7) is 0. The molecule has 0 radical (unpaired) electrons. The minimum absolute atomic E-state index is 0.150. The predicted molar refractivity (Wildman–Crippen MR) is 70.9 cm³/mol. The highest BCUT2D eigenvalue weighted by atomic mass is 35.5. The molecule has 92 valence electrons.